The molecule has 6 heteroatoms. The van der Waals surface area contributed by atoms with E-state index in [2.05, 4.69) is 5.32 Å². The summed E-state index contributed by atoms with van der Waals surface area (Å²) in [5, 5.41) is 2.80. The maximum atomic E-state index is 12.1. The highest BCUT2D eigenvalue weighted by molar-refractivity contribution is 5.99. The monoisotopic (exact) mass is 318 g/mol. The third-order valence-electron chi connectivity index (χ3n) is 3.72. The van der Waals surface area contributed by atoms with Crippen molar-refractivity contribution in [2.45, 2.75) is 27.2 Å². The Hall–Kier alpha value is -2.37. The molecule has 0 spiro atoms. The van der Waals surface area contributed by atoms with E-state index in [1.807, 2.05) is 13.8 Å². The van der Waals surface area contributed by atoms with Crippen molar-refractivity contribution in [3.63, 3.8) is 0 Å². The molecule has 0 aliphatic carbocycles. The van der Waals surface area contributed by atoms with Crippen LogP contribution in [0.25, 0.3) is 0 Å². The number of rotatable bonds is 5. The summed E-state index contributed by atoms with van der Waals surface area (Å²) in [7, 11) is 0. The van der Waals surface area contributed by atoms with E-state index in [1.165, 1.54) is 0 Å². The fourth-order valence-corrected chi connectivity index (χ4v) is 2.39. The molecule has 0 saturated carbocycles. The Bertz CT molecular complexity index is 595. The second-order valence-corrected chi connectivity index (χ2v) is 5.85. The van der Waals surface area contributed by atoms with E-state index >= 15 is 0 Å². The lowest BCUT2D eigenvalue weighted by atomic mass is 10.1. The van der Waals surface area contributed by atoms with Crippen LogP contribution in [0.3, 0.4) is 0 Å². The Balaban J connectivity index is 2.03. The molecule has 6 nitrogen and oxygen atoms in total. The van der Waals surface area contributed by atoms with Crippen LogP contribution in [0.5, 0.6) is 0 Å². The molecule has 1 fully saturated rings. The Morgan fingerprint density at radius 1 is 1.30 bits per heavy atom. The predicted molar refractivity (Wildman–Crippen MR) is 87.0 cm³/mol. The van der Waals surface area contributed by atoms with Gasteiger partial charge in [-0.15, -0.1) is 0 Å². The maximum absolute atomic E-state index is 12.1. The first-order chi connectivity index (χ1) is 10.9. The molecule has 1 aliphatic heterocycles. The summed E-state index contributed by atoms with van der Waals surface area (Å²) in [6.45, 7) is 6.03. The van der Waals surface area contributed by atoms with Crippen LogP contribution >= 0.6 is 0 Å². The molecule has 124 valence electrons. The van der Waals surface area contributed by atoms with Crippen LogP contribution in [0.1, 0.15) is 27.2 Å². The number of nitrogens with one attached hydrogen (secondary N) is 1. The number of hydrogen-bond donors (Lipinski definition) is 1. The van der Waals surface area contributed by atoms with Crippen LogP contribution in [0.4, 0.5) is 11.4 Å². The molecule has 1 saturated heterocycles. The van der Waals surface area contributed by atoms with Crippen LogP contribution in [-0.4, -0.2) is 30.9 Å². The average Bonchev–Trinajstić information content (AvgIpc) is 2.90. The van der Waals surface area contributed by atoms with E-state index in [1.54, 1.807) is 36.1 Å². The molecule has 2 amide bonds. The van der Waals surface area contributed by atoms with Gasteiger partial charge in [0.05, 0.1) is 12.5 Å². The van der Waals surface area contributed by atoms with Gasteiger partial charge in [-0.1, -0.05) is 13.8 Å². The molecular weight excluding hydrogens is 296 g/mol. The highest BCUT2D eigenvalue weighted by Gasteiger charge is 2.35. The number of carbonyl (C=O) groups is 3. The SMILES string of the molecule is CCOC(=O)C1CC(=O)N(c2ccc(NC(=O)C(C)C)cc2)C1. The van der Waals surface area contributed by atoms with Gasteiger partial charge in [-0.25, -0.2) is 0 Å². The van der Waals surface area contributed by atoms with E-state index in [9.17, 15) is 14.4 Å². The smallest absolute Gasteiger partial charge is 0.311 e. The number of hydrogen-bond acceptors (Lipinski definition) is 4. The van der Waals surface area contributed by atoms with Crippen molar-refractivity contribution < 1.29 is 19.1 Å². The van der Waals surface area contributed by atoms with Gasteiger partial charge >= 0.3 is 5.97 Å². The number of nitrogens with zero attached hydrogens (tertiary/aromatic N) is 1. The number of amides is 2. The first-order valence-corrected chi connectivity index (χ1v) is 7.80. The largest absolute Gasteiger partial charge is 0.466 e. The summed E-state index contributed by atoms with van der Waals surface area (Å²) in [5.74, 6) is -0.994. The molecule has 0 bridgehead atoms. The molecule has 23 heavy (non-hydrogen) atoms. The minimum Gasteiger partial charge on any atom is -0.466 e. The standard InChI is InChI=1S/C17H22N2O4/c1-4-23-17(22)12-9-15(20)19(10-12)14-7-5-13(6-8-14)18-16(21)11(2)3/h5-8,11-12H,4,9-10H2,1-3H3,(H,18,21). The van der Waals surface area contributed by atoms with E-state index in [-0.39, 0.29) is 30.1 Å². The van der Waals surface area contributed by atoms with Crippen LogP contribution in [-0.2, 0) is 19.1 Å². The second-order valence-electron chi connectivity index (χ2n) is 5.85. The van der Waals surface area contributed by atoms with Crippen molar-refractivity contribution in [2.75, 3.05) is 23.4 Å². The van der Waals surface area contributed by atoms with Gasteiger partial charge in [0.25, 0.3) is 0 Å². The van der Waals surface area contributed by atoms with E-state index in [0.29, 0.717) is 24.5 Å². The molecule has 1 aromatic rings. The van der Waals surface area contributed by atoms with Crippen molar-refractivity contribution in [3.05, 3.63) is 24.3 Å². The van der Waals surface area contributed by atoms with E-state index in [0.717, 1.165) is 0 Å². The fraction of sp³-hybridized carbons (Fsp3) is 0.471. The van der Waals surface area contributed by atoms with E-state index in [4.69, 9.17) is 4.74 Å². The van der Waals surface area contributed by atoms with Crippen LogP contribution in [0.15, 0.2) is 24.3 Å². The number of anilines is 2. The maximum Gasteiger partial charge on any atom is 0.311 e. The lowest BCUT2D eigenvalue weighted by Gasteiger charge is -2.17. The zero-order chi connectivity index (χ0) is 17.0. The lowest BCUT2D eigenvalue weighted by molar-refractivity contribution is -0.147. The summed E-state index contributed by atoms with van der Waals surface area (Å²) in [6, 6.07) is 7.03. The van der Waals surface area contributed by atoms with Gasteiger partial charge in [0.2, 0.25) is 11.8 Å². The first-order valence-electron chi connectivity index (χ1n) is 7.80. The zero-order valence-electron chi connectivity index (χ0n) is 13.7. The third-order valence-corrected chi connectivity index (χ3v) is 3.72. The summed E-state index contributed by atoms with van der Waals surface area (Å²) in [6.07, 6.45) is 0.171. The molecule has 1 aliphatic rings. The molecular formula is C17H22N2O4. The van der Waals surface area contributed by atoms with Crippen LogP contribution in [0, 0.1) is 11.8 Å². The Kier molecular flexibility index (Phi) is 5.36. The molecule has 1 heterocycles. The second kappa shape index (κ2) is 7.26. The average molecular weight is 318 g/mol. The van der Waals surface area contributed by atoms with Gasteiger partial charge in [-0.2, -0.15) is 0 Å². The van der Waals surface area contributed by atoms with Crippen LogP contribution in [0.2, 0.25) is 0 Å². The van der Waals surface area contributed by atoms with Crippen molar-refractivity contribution in [1.82, 2.24) is 0 Å². The molecule has 1 unspecified atom stereocenters. The van der Waals surface area contributed by atoms with Crippen LogP contribution < -0.4 is 10.2 Å². The highest BCUT2D eigenvalue weighted by atomic mass is 16.5. The Labute approximate surface area is 135 Å². The van der Waals surface area contributed by atoms with Gasteiger partial charge in [-0.05, 0) is 31.2 Å². The van der Waals surface area contributed by atoms with E-state index < -0.39 is 5.92 Å². The van der Waals surface area contributed by atoms with Crippen molar-refractivity contribution in [2.24, 2.45) is 11.8 Å². The first kappa shape index (κ1) is 17.0. The molecule has 0 radical (unpaired) electrons. The minimum absolute atomic E-state index is 0.0580. The Morgan fingerprint density at radius 2 is 1.96 bits per heavy atom. The van der Waals surface area contributed by atoms with Gasteiger partial charge in [0, 0.05) is 30.3 Å². The zero-order valence-corrected chi connectivity index (χ0v) is 13.7. The Morgan fingerprint density at radius 3 is 2.52 bits per heavy atom. The van der Waals surface area contributed by atoms with Crippen molar-refractivity contribution in [1.29, 1.82) is 0 Å². The third kappa shape index (κ3) is 4.09. The topological polar surface area (TPSA) is 75.7 Å². The van der Waals surface area contributed by atoms with Crippen molar-refractivity contribution >= 4 is 29.2 Å². The number of benzene rings is 1. The summed E-state index contributed by atoms with van der Waals surface area (Å²) >= 11 is 0. The lowest BCUT2D eigenvalue weighted by Crippen LogP contribution is -2.26. The molecule has 0 aromatic heterocycles. The normalized spacial score (nSPS) is 17.5. The number of ether oxygens (including phenoxy) is 1. The minimum atomic E-state index is -0.414. The summed E-state index contributed by atoms with van der Waals surface area (Å²) < 4.78 is 4.98. The fourth-order valence-electron chi connectivity index (χ4n) is 2.39. The molecule has 2 rings (SSSR count). The number of esters is 1. The highest BCUT2D eigenvalue weighted by Crippen LogP contribution is 2.27. The quantitative estimate of drug-likeness (QED) is 0.845. The predicted octanol–water partition coefficient (Wildman–Crippen LogP) is 2.20. The van der Waals surface area contributed by atoms with Gasteiger partial charge in [0.1, 0.15) is 0 Å². The van der Waals surface area contributed by atoms with Gasteiger partial charge in [0.15, 0.2) is 0 Å². The molecule has 1 N–H and O–H groups in total. The van der Waals surface area contributed by atoms with Gasteiger partial charge < -0.3 is 15.0 Å². The summed E-state index contributed by atoms with van der Waals surface area (Å²) in [5.41, 5.74) is 1.39. The molecule has 1 aromatic carbocycles. The molecule has 1 atom stereocenters. The van der Waals surface area contributed by atoms with Crippen molar-refractivity contribution in [3.8, 4) is 0 Å². The number of carbonyl (C=O) groups excluding carboxylic acids is 3. The van der Waals surface area contributed by atoms with Gasteiger partial charge in [-0.3, -0.25) is 14.4 Å². The summed E-state index contributed by atoms with van der Waals surface area (Å²) in [4.78, 5) is 37.1.